The maximum Gasteiger partial charge on any atom is 0.124 e. The molecule has 1 heterocycles. The summed E-state index contributed by atoms with van der Waals surface area (Å²) in [6.07, 6.45) is 1.02. The zero-order chi connectivity index (χ0) is 9.97. The molecule has 0 fully saturated rings. The van der Waals surface area contributed by atoms with Crippen molar-refractivity contribution < 1.29 is 4.74 Å². The summed E-state index contributed by atoms with van der Waals surface area (Å²) in [7, 11) is 0. The number of hydrogen-bond donors (Lipinski definition) is 2. The molecule has 1 aliphatic rings. The molecule has 2 rings (SSSR count). The molecule has 1 aromatic carbocycles. The van der Waals surface area contributed by atoms with Gasteiger partial charge in [-0.3, -0.25) is 0 Å². The summed E-state index contributed by atoms with van der Waals surface area (Å²) < 4.78 is 5.56. The number of nitrogens with two attached hydrogens (primary N) is 1. The van der Waals surface area contributed by atoms with Crippen molar-refractivity contribution in [3.05, 3.63) is 23.8 Å². The Morgan fingerprint density at radius 2 is 2.43 bits per heavy atom. The minimum Gasteiger partial charge on any atom is -0.493 e. The van der Waals surface area contributed by atoms with Crippen LogP contribution in [-0.4, -0.2) is 13.2 Å². The molecule has 3 heteroatoms. The summed E-state index contributed by atoms with van der Waals surface area (Å²) in [5.74, 6) is 0.969. The Kier molecular flexibility index (Phi) is 2.59. The van der Waals surface area contributed by atoms with Gasteiger partial charge < -0.3 is 15.8 Å². The van der Waals surface area contributed by atoms with Crippen LogP contribution in [-0.2, 0) is 0 Å². The van der Waals surface area contributed by atoms with Crippen molar-refractivity contribution in [3.63, 3.8) is 0 Å². The molecule has 0 radical (unpaired) electrons. The molecular weight excluding hydrogens is 176 g/mol. The second kappa shape index (κ2) is 3.88. The Hall–Kier alpha value is -1.22. The van der Waals surface area contributed by atoms with Crippen molar-refractivity contribution in [2.45, 2.75) is 19.4 Å². The van der Waals surface area contributed by atoms with Crippen LogP contribution in [0.1, 0.15) is 24.9 Å². The van der Waals surface area contributed by atoms with Crippen molar-refractivity contribution in [3.8, 4) is 5.75 Å². The Morgan fingerprint density at radius 1 is 1.57 bits per heavy atom. The van der Waals surface area contributed by atoms with Crippen molar-refractivity contribution >= 4 is 5.69 Å². The lowest BCUT2D eigenvalue weighted by Gasteiger charge is -2.26. The summed E-state index contributed by atoms with van der Waals surface area (Å²) >= 11 is 0. The van der Waals surface area contributed by atoms with E-state index in [1.165, 1.54) is 5.56 Å². The van der Waals surface area contributed by atoms with Gasteiger partial charge in [-0.2, -0.15) is 0 Å². The summed E-state index contributed by atoms with van der Waals surface area (Å²) in [6.45, 7) is 3.87. The maximum absolute atomic E-state index is 5.76. The van der Waals surface area contributed by atoms with E-state index in [4.69, 9.17) is 10.5 Å². The number of ether oxygens (including phenoxy) is 1. The van der Waals surface area contributed by atoms with E-state index in [0.717, 1.165) is 31.0 Å². The fraction of sp³-hybridized carbons (Fsp3) is 0.455. The second-order valence-corrected chi connectivity index (χ2v) is 3.54. The Morgan fingerprint density at radius 3 is 3.21 bits per heavy atom. The van der Waals surface area contributed by atoms with Crippen LogP contribution in [0.2, 0.25) is 0 Å². The molecule has 1 atom stereocenters. The molecule has 3 nitrogen and oxygen atoms in total. The highest BCUT2D eigenvalue weighted by Crippen LogP contribution is 2.33. The zero-order valence-corrected chi connectivity index (χ0v) is 8.42. The van der Waals surface area contributed by atoms with Gasteiger partial charge in [-0.25, -0.2) is 0 Å². The molecule has 0 bridgehead atoms. The molecule has 1 unspecified atom stereocenters. The Balaban J connectivity index is 2.32. The third-order valence-electron chi connectivity index (χ3n) is 2.52. The van der Waals surface area contributed by atoms with E-state index >= 15 is 0 Å². The molecular formula is C11H16N2O. The third kappa shape index (κ3) is 1.68. The molecule has 76 valence electrons. The summed E-state index contributed by atoms with van der Waals surface area (Å²) in [5.41, 5.74) is 7.75. The average Bonchev–Trinajstić information content (AvgIpc) is 2.19. The van der Waals surface area contributed by atoms with Crippen molar-refractivity contribution in [2.24, 2.45) is 0 Å². The van der Waals surface area contributed by atoms with Crippen LogP contribution >= 0.6 is 0 Å². The lowest BCUT2D eigenvalue weighted by atomic mass is 10.00. The first-order valence-corrected chi connectivity index (χ1v) is 5.07. The van der Waals surface area contributed by atoms with E-state index in [9.17, 15) is 0 Å². The van der Waals surface area contributed by atoms with E-state index in [0.29, 0.717) is 6.04 Å². The van der Waals surface area contributed by atoms with Crippen LogP contribution in [0.4, 0.5) is 5.69 Å². The summed E-state index contributed by atoms with van der Waals surface area (Å²) in [6, 6.07) is 6.23. The van der Waals surface area contributed by atoms with Crippen molar-refractivity contribution in [1.29, 1.82) is 0 Å². The molecule has 0 saturated heterocycles. The van der Waals surface area contributed by atoms with E-state index in [-0.39, 0.29) is 0 Å². The summed E-state index contributed by atoms with van der Waals surface area (Å²) in [5, 5.41) is 3.43. The largest absolute Gasteiger partial charge is 0.493 e. The number of nitrogen functional groups attached to an aromatic ring is 1. The minimum atomic E-state index is 0.396. The van der Waals surface area contributed by atoms with Crippen LogP contribution < -0.4 is 15.8 Å². The lowest BCUT2D eigenvalue weighted by Crippen LogP contribution is -2.26. The highest BCUT2D eigenvalue weighted by atomic mass is 16.5. The lowest BCUT2D eigenvalue weighted by molar-refractivity contribution is 0.254. The van der Waals surface area contributed by atoms with Crippen molar-refractivity contribution in [1.82, 2.24) is 5.32 Å². The van der Waals surface area contributed by atoms with Gasteiger partial charge in [0.15, 0.2) is 0 Å². The highest BCUT2D eigenvalue weighted by molar-refractivity contribution is 5.49. The van der Waals surface area contributed by atoms with Gasteiger partial charge in [-0.1, -0.05) is 6.92 Å². The van der Waals surface area contributed by atoms with Gasteiger partial charge in [0.2, 0.25) is 0 Å². The fourth-order valence-electron chi connectivity index (χ4n) is 1.87. The molecule has 1 aliphatic heterocycles. The zero-order valence-electron chi connectivity index (χ0n) is 8.42. The third-order valence-corrected chi connectivity index (χ3v) is 2.52. The molecule has 1 aromatic rings. The van der Waals surface area contributed by atoms with Crippen LogP contribution in [0.15, 0.2) is 18.2 Å². The quantitative estimate of drug-likeness (QED) is 0.701. The molecule has 0 saturated carbocycles. The van der Waals surface area contributed by atoms with Crippen LogP contribution in [0, 0.1) is 0 Å². The van der Waals surface area contributed by atoms with Gasteiger partial charge in [0.1, 0.15) is 5.75 Å². The molecule has 3 N–H and O–H groups in total. The number of fused-ring (bicyclic) bond motifs is 1. The predicted octanol–water partition coefficient (Wildman–Crippen LogP) is 1.70. The Labute approximate surface area is 84.3 Å². The SMILES string of the molecule is CCNC1CCOc2ccc(N)cc21. The number of benzene rings is 1. The molecule has 0 aliphatic carbocycles. The monoisotopic (exact) mass is 192 g/mol. The molecule has 0 aromatic heterocycles. The van der Waals surface area contributed by atoms with Crippen LogP contribution in [0.5, 0.6) is 5.75 Å². The highest BCUT2D eigenvalue weighted by Gasteiger charge is 2.20. The number of rotatable bonds is 2. The standard InChI is InChI=1S/C11H16N2O/c1-2-13-10-5-6-14-11-4-3-8(12)7-9(10)11/h3-4,7,10,13H,2,5-6,12H2,1H3. The van der Waals surface area contributed by atoms with Gasteiger partial charge in [-0.05, 0) is 24.7 Å². The first kappa shape index (κ1) is 9.34. The van der Waals surface area contributed by atoms with Gasteiger partial charge in [0, 0.05) is 23.7 Å². The fourth-order valence-corrected chi connectivity index (χ4v) is 1.87. The van der Waals surface area contributed by atoms with E-state index in [2.05, 4.69) is 12.2 Å². The summed E-state index contributed by atoms with van der Waals surface area (Å²) in [4.78, 5) is 0. The van der Waals surface area contributed by atoms with Crippen molar-refractivity contribution in [2.75, 3.05) is 18.9 Å². The van der Waals surface area contributed by atoms with Gasteiger partial charge in [0.05, 0.1) is 6.61 Å². The normalized spacial score (nSPS) is 19.9. The second-order valence-electron chi connectivity index (χ2n) is 3.54. The van der Waals surface area contributed by atoms with Crippen LogP contribution in [0.3, 0.4) is 0 Å². The minimum absolute atomic E-state index is 0.396. The number of anilines is 1. The number of nitrogens with one attached hydrogen (secondary N) is 1. The Bertz CT molecular complexity index is 325. The van der Waals surface area contributed by atoms with Crippen LogP contribution in [0.25, 0.3) is 0 Å². The number of hydrogen-bond acceptors (Lipinski definition) is 3. The van der Waals surface area contributed by atoms with Gasteiger partial charge in [0.25, 0.3) is 0 Å². The first-order chi connectivity index (χ1) is 6.81. The first-order valence-electron chi connectivity index (χ1n) is 5.07. The van der Waals surface area contributed by atoms with Gasteiger partial charge >= 0.3 is 0 Å². The topological polar surface area (TPSA) is 47.3 Å². The molecule has 0 spiro atoms. The average molecular weight is 192 g/mol. The van der Waals surface area contributed by atoms with E-state index in [1.807, 2.05) is 18.2 Å². The smallest absolute Gasteiger partial charge is 0.124 e. The van der Waals surface area contributed by atoms with E-state index in [1.54, 1.807) is 0 Å². The molecule has 0 amide bonds. The predicted molar refractivity (Wildman–Crippen MR) is 57.4 cm³/mol. The van der Waals surface area contributed by atoms with E-state index < -0.39 is 0 Å². The van der Waals surface area contributed by atoms with Gasteiger partial charge in [-0.15, -0.1) is 0 Å². The maximum atomic E-state index is 5.76. The molecule has 14 heavy (non-hydrogen) atoms.